The van der Waals surface area contributed by atoms with Crippen molar-refractivity contribution in [3.05, 3.63) is 12.3 Å². The van der Waals surface area contributed by atoms with Gasteiger partial charge in [-0.1, -0.05) is 0 Å². The summed E-state index contributed by atoms with van der Waals surface area (Å²) in [7, 11) is 1.85. The molecule has 0 atom stereocenters. The minimum atomic E-state index is -0.191. The molecule has 3 N–H and O–H groups in total. The highest BCUT2D eigenvalue weighted by Gasteiger charge is 2.01. The maximum absolute atomic E-state index is 5.59. The maximum Gasteiger partial charge on any atom is 0.0298 e. The van der Waals surface area contributed by atoms with Gasteiger partial charge >= 0.3 is 0 Å². The van der Waals surface area contributed by atoms with Crippen LogP contribution in [0.4, 0.5) is 0 Å². The molecular weight excluding hydrogens is 100 g/mol. The van der Waals surface area contributed by atoms with E-state index in [4.69, 9.17) is 5.73 Å². The Bertz CT molecular complexity index is 79.0. The van der Waals surface area contributed by atoms with E-state index in [1.54, 1.807) is 0 Å². The topological polar surface area (TPSA) is 38.0 Å². The molecule has 0 aliphatic rings. The summed E-state index contributed by atoms with van der Waals surface area (Å²) in [4.78, 5) is 0. The fraction of sp³-hybridized carbons (Fsp3) is 0.667. The number of hydrogen-bond donors (Lipinski definition) is 2. The molecule has 0 unspecified atom stereocenters. The fourth-order valence-electron chi connectivity index (χ4n) is 0.298. The number of nitrogens with one attached hydrogen (secondary N) is 1. The minimum Gasteiger partial charge on any atom is -0.394 e. The van der Waals surface area contributed by atoms with E-state index in [0.717, 1.165) is 0 Å². The Morgan fingerprint density at radius 1 is 1.50 bits per heavy atom. The number of rotatable bonds is 2. The molecule has 0 saturated carbocycles. The largest absolute Gasteiger partial charge is 0.394 e. The Morgan fingerprint density at radius 3 is 2.12 bits per heavy atom. The summed E-state index contributed by atoms with van der Waals surface area (Å²) in [5, 5.41) is 2.86. The normalized spacial score (nSPS) is 12.5. The molecule has 48 valence electrons. The van der Waals surface area contributed by atoms with Crippen LogP contribution in [0.1, 0.15) is 13.8 Å². The van der Waals surface area contributed by atoms with E-state index in [1.807, 2.05) is 33.2 Å². The average Bonchev–Trinajstić information content (AvgIpc) is 1.59. The highest BCUT2D eigenvalue weighted by molar-refractivity contribution is 4.96. The quantitative estimate of drug-likeness (QED) is 0.547. The molecule has 2 heteroatoms. The van der Waals surface area contributed by atoms with Gasteiger partial charge in [0.15, 0.2) is 0 Å². The Labute approximate surface area is 50.8 Å². The molecule has 2 nitrogen and oxygen atoms in total. The van der Waals surface area contributed by atoms with Gasteiger partial charge in [0, 0.05) is 12.6 Å². The van der Waals surface area contributed by atoms with E-state index >= 15 is 0 Å². The number of hydrogen-bond acceptors (Lipinski definition) is 2. The summed E-state index contributed by atoms with van der Waals surface area (Å²) in [6, 6.07) is 0. The van der Waals surface area contributed by atoms with Gasteiger partial charge in [-0.05, 0) is 26.1 Å². The summed E-state index contributed by atoms with van der Waals surface area (Å²) in [5.74, 6) is 0. The second kappa shape index (κ2) is 2.72. The third-order valence-electron chi connectivity index (χ3n) is 0.680. The molecule has 0 fully saturated rings. The van der Waals surface area contributed by atoms with Crippen LogP contribution in [0.25, 0.3) is 0 Å². The molecule has 0 rings (SSSR count). The molecule has 0 heterocycles. The predicted octanol–water partition coefficient (Wildman–Crippen LogP) is 0.457. The van der Waals surface area contributed by atoms with Crippen LogP contribution < -0.4 is 11.1 Å². The van der Waals surface area contributed by atoms with Gasteiger partial charge in [0.1, 0.15) is 0 Å². The SMILES string of the molecule is CN/C=C\C(C)(C)N. The lowest BCUT2D eigenvalue weighted by molar-refractivity contribution is 0.650. The second-order valence-corrected chi connectivity index (χ2v) is 2.44. The van der Waals surface area contributed by atoms with Crippen LogP contribution in [0.5, 0.6) is 0 Å². The predicted molar refractivity (Wildman–Crippen MR) is 36.5 cm³/mol. The molecule has 0 saturated heterocycles. The monoisotopic (exact) mass is 114 g/mol. The van der Waals surface area contributed by atoms with E-state index in [2.05, 4.69) is 5.32 Å². The maximum atomic E-state index is 5.59. The Balaban J connectivity index is 3.52. The Hall–Kier alpha value is -0.500. The molecule has 0 aliphatic carbocycles. The molecule has 8 heavy (non-hydrogen) atoms. The van der Waals surface area contributed by atoms with Gasteiger partial charge < -0.3 is 11.1 Å². The molecule has 0 radical (unpaired) electrons. The molecule has 0 bridgehead atoms. The highest BCUT2D eigenvalue weighted by Crippen LogP contribution is 1.95. The molecule has 0 aliphatic heterocycles. The van der Waals surface area contributed by atoms with Crippen molar-refractivity contribution in [3.63, 3.8) is 0 Å². The molecule has 0 aromatic heterocycles. The zero-order valence-electron chi connectivity index (χ0n) is 5.73. The Morgan fingerprint density at radius 2 is 2.00 bits per heavy atom. The zero-order chi connectivity index (χ0) is 6.62. The van der Waals surface area contributed by atoms with Gasteiger partial charge in [0.2, 0.25) is 0 Å². The van der Waals surface area contributed by atoms with Crippen LogP contribution in [0.3, 0.4) is 0 Å². The van der Waals surface area contributed by atoms with Crippen molar-refractivity contribution in [1.29, 1.82) is 0 Å². The van der Waals surface area contributed by atoms with E-state index in [0.29, 0.717) is 0 Å². The lowest BCUT2D eigenvalue weighted by Crippen LogP contribution is -2.29. The first kappa shape index (κ1) is 7.50. The van der Waals surface area contributed by atoms with Gasteiger partial charge in [0.25, 0.3) is 0 Å². The van der Waals surface area contributed by atoms with E-state index in [9.17, 15) is 0 Å². The van der Waals surface area contributed by atoms with Gasteiger partial charge in [-0.3, -0.25) is 0 Å². The van der Waals surface area contributed by atoms with Crippen molar-refractivity contribution in [2.45, 2.75) is 19.4 Å². The van der Waals surface area contributed by atoms with Crippen molar-refractivity contribution in [3.8, 4) is 0 Å². The van der Waals surface area contributed by atoms with E-state index < -0.39 is 0 Å². The van der Waals surface area contributed by atoms with Crippen molar-refractivity contribution < 1.29 is 0 Å². The van der Waals surface area contributed by atoms with E-state index in [1.165, 1.54) is 0 Å². The van der Waals surface area contributed by atoms with Crippen molar-refractivity contribution in [1.82, 2.24) is 5.32 Å². The third kappa shape index (κ3) is 5.50. The van der Waals surface area contributed by atoms with Crippen molar-refractivity contribution in [2.75, 3.05) is 7.05 Å². The van der Waals surface area contributed by atoms with Gasteiger partial charge in [-0.25, -0.2) is 0 Å². The Kier molecular flexibility index (Phi) is 2.55. The standard InChI is InChI=1S/C6H14N2/c1-6(2,7)4-5-8-3/h4-5,8H,7H2,1-3H3/b5-4-. The van der Waals surface area contributed by atoms with Crippen LogP contribution in [-0.4, -0.2) is 12.6 Å². The summed E-state index contributed by atoms with van der Waals surface area (Å²) in [6.45, 7) is 3.89. The average molecular weight is 114 g/mol. The van der Waals surface area contributed by atoms with Crippen LogP contribution in [0, 0.1) is 0 Å². The van der Waals surface area contributed by atoms with Crippen molar-refractivity contribution in [2.24, 2.45) is 5.73 Å². The molecule has 0 amide bonds. The highest BCUT2D eigenvalue weighted by atomic mass is 14.8. The minimum absolute atomic E-state index is 0.191. The summed E-state index contributed by atoms with van der Waals surface area (Å²) in [6.07, 6.45) is 3.74. The first-order valence-corrected chi connectivity index (χ1v) is 2.70. The smallest absolute Gasteiger partial charge is 0.0298 e. The fourth-order valence-corrected chi connectivity index (χ4v) is 0.298. The summed E-state index contributed by atoms with van der Waals surface area (Å²) < 4.78 is 0. The summed E-state index contributed by atoms with van der Waals surface area (Å²) in [5.41, 5.74) is 5.40. The van der Waals surface area contributed by atoms with Crippen LogP contribution in [0.15, 0.2) is 12.3 Å². The van der Waals surface area contributed by atoms with Gasteiger partial charge in [-0.15, -0.1) is 0 Å². The van der Waals surface area contributed by atoms with Crippen LogP contribution in [-0.2, 0) is 0 Å². The summed E-state index contributed by atoms with van der Waals surface area (Å²) >= 11 is 0. The van der Waals surface area contributed by atoms with E-state index in [-0.39, 0.29) is 5.54 Å². The lowest BCUT2D eigenvalue weighted by atomic mass is 10.1. The van der Waals surface area contributed by atoms with Crippen LogP contribution >= 0.6 is 0 Å². The zero-order valence-corrected chi connectivity index (χ0v) is 5.73. The molecule has 0 aromatic rings. The molecular formula is C6H14N2. The number of nitrogens with two attached hydrogens (primary N) is 1. The van der Waals surface area contributed by atoms with Crippen molar-refractivity contribution >= 4 is 0 Å². The first-order valence-electron chi connectivity index (χ1n) is 2.70. The first-order chi connectivity index (χ1) is 3.56. The van der Waals surface area contributed by atoms with Gasteiger partial charge in [0.05, 0.1) is 0 Å². The third-order valence-corrected chi connectivity index (χ3v) is 0.680. The molecule has 0 aromatic carbocycles. The van der Waals surface area contributed by atoms with Gasteiger partial charge in [-0.2, -0.15) is 0 Å². The van der Waals surface area contributed by atoms with Crippen LogP contribution in [0.2, 0.25) is 0 Å². The molecule has 0 spiro atoms. The lowest BCUT2D eigenvalue weighted by Gasteiger charge is -2.10. The second-order valence-electron chi connectivity index (χ2n) is 2.44.